The summed E-state index contributed by atoms with van der Waals surface area (Å²) in [5, 5.41) is 8.24. The first-order valence-corrected chi connectivity index (χ1v) is 10.0. The fourth-order valence-electron chi connectivity index (χ4n) is 3.30. The molecule has 2 aromatic heterocycles. The fourth-order valence-corrected chi connectivity index (χ4v) is 3.30. The monoisotopic (exact) mass is 472 g/mol. The van der Waals surface area contributed by atoms with E-state index in [1.807, 2.05) is 6.07 Å². The molecule has 1 aliphatic rings. The largest absolute Gasteiger partial charge is 0.573 e. The van der Waals surface area contributed by atoms with Crippen molar-refractivity contribution in [1.82, 2.24) is 19.9 Å². The third-order valence-corrected chi connectivity index (χ3v) is 4.89. The van der Waals surface area contributed by atoms with Gasteiger partial charge >= 0.3 is 6.36 Å². The lowest BCUT2D eigenvalue weighted by Gasteiger charge is -2.08. The Morgan fingerprint density at radius 3 is 2.53 bits per heavy atom. The maximum absolute atomic E-state index is 12.3. The van der Waals surface area contributed by atoms with Gasteiger partial charge in [0.05, 0.1) is 12.2 Å². The van der Waals surface area contributed by atoms with E-state index in [1.54, 1.807) is 18.2 Å². The summed E-state index contributed by atoms with van der Waals surface area (Å²) in [6.45, 7) is 0.334. The number of ether oxygens (including phenoxy) is 3. The van der Waals surface area contributed by atoms with Crippen LogP contribution in [0.3, 0.4) is 0 Å². The summed E-state index contributed by atoms with van der Waals surface area (Å²) in [6, 6.07) is 13.5. The van der Waals surface area contributed by atoms with Gasteiger partial charge in [-0.1, -0.05) is 5.16 Å². The molecule has 0 atom stereocenters. The van der Waals surface area contributed by atoms with Crippen molar-refractivity contribution in [2.45, 2.75) is 19.3 Å². The van der Waals surface area contributed by atoms with E-state index >= 15 is 0 Å². The third kappa shape index (κ3) is 4.70. The molecule has 0 amide bonds. The van der Waals surface area contributed by atoms with Gasteiger partial charge in [-0.3, -0.25) is 4.79 Å². The van der Waals surface area contributed by atoms with Crippen molar-refractivity contribution in [1.29, 1.82) is 0 Å². The molecule has 0 bridgehead atoms. The topological polar surface area (TPSA) is 102 Å². The Kier molecular flexibility index (Phi) is 5.40. The molecule has 0 fully saturated rings. The van der Waals surface area contributed by atoms with Gasteiger partial charge in [0.2, 0.25) is 18.5 Å². The van der Waals surface area contributed by atoms with E-state index in [2.05, 4.69) is 20.0 Å². The smallest absolute Gasteiger partial charge is 0.454 e. The van der Waals surface area contributed by atoms with Crippen molar-refractivity contribution in [2.75, 3.05) is 6.79 Å². The van der Waals surface area contributed by atoms with Crippen LogP contribution in [0.4, 0.5) is 13.2 Å². The van der Waals surface area contributed by atoms with Crippen LogP contribution < -0.4 is 19.8 Å². The second-order valence-corrected chi connectivity index (χ2v) is 7.18. The van der Waals surface area contributed by atoms with E-state index in [0.29, 0.717) is 22.8 Å². The van der Waals surface area contributed by atoms with Crippen LogP contribution in [-0.2, 0) is 13.0 Å². The minimum Gasteiger partial charge on any atom is -0.454 e. The quantitative estimate of drug-likeness (QED) is 0.417. The molecule has 34 heavy (non-hydrogen) atoms. The maximum Gasteiger partial charge on any atom is 0.573 e. The number of hydrogen-bond donors (Lipinski definition) is 0. The Bertz CT molecular complexity index is 1380. The molecule has 0 saturated carbocycles. The molecule has 3 heterocycles. The zero-order chi connectivity index (χ0) is 23.7. The predicted octanol–water partition coefficient (Wildman–Crippen LogP) is 3.83. The van der Waals surface area contributed by atoms with Crippen molar-refractivity contribution in [3.8, 4) is 39.9 Å². The summed E-state index contributed by atoms with van der Waals surface area (Å²) < 4.78 is 57.9. The normalized spacial score (nSPS) is 12.7. The summed E-state index contributed by atoms with van der Waals surface area (Å²) in [5.41, 5.74) is 1.48. The molecule has 4 aromatic rings. The van der Waals surface area contributed by atoms with E-state index in [9.17, 15) is 18.0 Å². The number of hydrogen-bond acceptors (Lipinski definition) is 8. The fraction of sp³-hybridized carbons (Fsp3) is 0.182. The molecule has 174 valence electrons. The SMILES string of the molecule is O=c1ccc(-c2ccc3c(c2)OCO3)nn1CCc1nc(-c2ccc(OC(F)(F)F)cc2)no1. The molecule has 12 heteroatoms. The van der Waals surface area contributed by atoms with Gasteiger partial charge in [-0.15, -0.1) is 13.2 Å². The van der Waals surface area contributed by atoms with Crippen LogP contribution in [0.5, 0.6) is 17.2 Å². The Hall–Kier alpha value is -4.35. The number of aryl methyl sites for hydroxylation is 2. The van der Waals surface area contributed by atoms with E-state index in [4.69, 9.17) is 14.0 Å². The summed E-state index contributed by atoms with van der Waals surface area (Å²) >= 11 is 0. The molecular formula is C22H15F3N4O5. The minimum absolute atomic E-state index is 0.156. The molecule has 0 radical (unpaired) electrons. The van der Waals surface area contributed by atoms with E-state index in [1.165, 1.54) is 22.9 Å². The lowest BCUT2D eigenvalue weighted by atomic mass is 10.1. The van der Waals surface area contributed by atoms with Crippen LogP contribution >= 0.6 is 0 Å². The third-order valence-electron chi connectivity index (χ3n) is 4.89. The number of nitrogens with zero attached hydrogens (tertiary/aromatic N) is 4. The van der Waals surface area contributed by atoms with Crippen molar-refractivity contribution >= 4 is 0 Å². The average Bonchev–Trinajstić information content (AvgIpc) is 3.47. The van der Waals surface area contributed by atoms with Crippen molar-refractivity contribution in [3.63, 3.8) is 0 Å². The highest BCUT2D eigenvalue weighted by molar-refractivity contribution is 5.63. The predicted molar refractivity (Wildman–Crippen MR) is 110 cm³/mol. The first-order valence-electron chi connectivity index (χ1n) is 10.0. The average molecular weight is 472 g/mol. The van der Waals surface area contributed by atoms with Crippen LogP contribution in [0.15, 0.2) is 63.9 Å². The Morgan fingerprint density at radius 1 is 0.971 bits per heavy atom. The molecule has 9 nitrogen and oxygen atoms in total. The van der Waals surface area contributed by atoms with E-state index in [-0.39, 0.29) is 42.8 Å². The van der Waals surface area contributed by atoms with Crippen LogP contribution in [0.2, 0.25) is 0 Å². The van der Waals surface area contributed by atoms with Gasteiger partial charge in [-0.25, -0.2) is 4.68 Å². The first-order chi connectivity index (χ1) is 16.3. The van der Waals surface area contributed by atoms with Gasteiger partial charge < -0.3 is 18.7 Å². The number of alkyl halides is 3. The lowest BCUT2D eigenvalue weighted by Crippen LogP contribution is -2.23. The number of benzene rings is 2. The zero-order valence-corrected chi connectivity index (χ0v) is 17.3. The summed E-state index contributed by atoms with van der Waals surface area (Å²) in [5.74, 6) is 1.34. The molecule has 2 aromatic carbocycles. The van der Waals surface area contributed by atoms with Gasteiger partial charge in [0.15, 0.2) is 11.5 Å². The summed E-state index contributed by atoms with van der Waals surface area (Å²) in [7, 11) is 0. The molecule has 0 spiro atoms. The Balaban J connectivity index is 1.28. The Labute approximate surface area is 189 Å². The highest BCUT2D eigenvalue weighted by atomic mass is 19.4. The molecule has 1 aliphatic heterocycles. The number of aromatic nitrogens is 4. The van der Waals surface area contributed by atoms with Gasteiger partial charge in [-0.05, 0) is 48.5 Å². The minimum atomic E-state index is -4.77. The highest BCUT2D eigenvalue weighted by Crippen LogP contribution is 2.35. The standard InChI is InChI=1S/C22H15F3N4O5/c23-22(24,25)33-15-4-1-13(2-5-15)21-26-19(34-28-21)9-10-29-20(30)8-6-16(27-29)14-3-7-17-18(11-14)32-12-31-17/h1-8,11H,9-10,12H2. The number of fused-ring (bicyclic) bond motifs is 1. The van der Waals surface area contributed by atoms with E-state index < -0.39 is 6.36 Å². The van der Waals surface area contributed by atoms with E-state index in [0.717, 1.165) is 17.7 Å². The molecule has 0 unspecified atom stereocenters. The summed E-state index contributed by atoms with van der Waals surface area (Å²) in [6.07, 6.45) is -4.55. The van der Waals surface area contributed by atoms with Gasteiger partial charge in [-0.2, -0.15) is 10.1 Å². The molecule has 0 aliphatic carbocycles. The zero-order valence-electron chi connectivity index (χ0n) is 17.3. The van der Waals surface area contributed by atoms with Crippen molar-refractivity contribution < 1.29 is 31.9 Å². The second kappa shape index (κ2) is 8.54. The molecule has 0 saturated heterocycles. The van der Waals surface area contributed by atoms with Crippen molar-refractivity contribution in [2.24, 2.45) is 0 Å². The summed E-state index contributed by atoms with van der Waals surface area (Å²) in [4.78, 5) is 16.5. The number of halogens is 3. The Morgan fingerprint density at radius 2 is 1.74 bits per heavy atom. The number of rotatable bonds is 6. The van der Waals surface area contributed by atoms with Crippen LogP contribution in [0, 0.1) is 0 Å². The van der Waals surface area contributed by atoms with Crippen LogP contribution in [0.1, 0.15) is 5.89 Å². The molecule has 5 rings (SSSR count). The van der Waals surface area contributed by atoms with Gasteiger partial charge in [0.25, 0.3) is 5.56 Å². The van der Waals surface area contributed by atoms with Crippen LogP contribution in [-0.4, -0.2) is 33.1 Å². The van der Waals surface area contributed by atoms with Gasteiger partial charge in [0.1, 0.15) is 5.75 Å². The second-order valence-electron chi connectivity index (χ2n) is 7.18. The van der Waals surface area contributed by atoms with Crippen LogP contribution in [0.25, 0.3) is 22.6 Å². The van der Waals surface area contributed by atoms with Gasteiger partial charge in [0, 0.05) is 23.6 Å². The van der Waals surface area contributed by atoms with Crippen molar-refractivity contribution in [3.05, 3.63) is 70.8 Å². The highest BCUT2D eigenvalue weighted by Gasteiger charge is 2.31. The first kappa shape index (κ1) is 21.5. The maximum atomic E-state index is 12.3. The lowest BCUT2D eigenvalue weighted by molar-refractivity contribution is -0.274. The molecular weight excluding hydrogens is 457 g/mol. The molecule has 0 N–H and O–H groups in total.